The summed E-state index contributed by atoms with van der Waals surface area (Å²) >= 11 is 0. The van der Waals surface area contributed by atoms with Crippen LogP contribution in [0, 0.1) is 5.41 Å². The molecule has 0 saturated carbocycles. The number of fused-ring (bicyclic) bond motifs is 1. The highest BCUT2D eigenvalue weighted by atomic mass is 15.0. The predicted molar refractivity (Wildman–Crippen MR) is 71.1 cm³/mol. The first-order valence-corrected chi connectivity index (χ1v) is 6.27. The lowest BCUT2D eigenvalue weighted by Crippen LogP contribution is -2.36. The fourth-order valence-electron chi connectivity index (χ4n) is 3.25. The van der Waals surface area contributed by atoms with E-state index in [9.17, 15) is 0 Å². The second-order valence-electron chi connectivity index (χ2n) is 5.90. The Morgan fingerprint density at radius 1 is 0.941 bits per heavy atom. The van der Waals surface area contributed by atoms with Crippen molar-refractivity contribution in [2.45, 2.75) is 32.7 Å². The third-order valence-electron chi connectivity index (χ3n) is 4.61. The van der Waals surface area contributed by atoms with E-state index >= 15 is 0 Å². The molecule has 1 atom stereocenters. The zero-order valence-corrected chi connectivity index (χ0v) is 10.8. The van der Waals surface area contributed by atoms with Crippen molar-refractivity contribution in [1.29, 1.82) is 0 Å². The molecular formula is C16H19N. The molecule has 0 aliphatic carbocycles. The zero-order chi connectivity index (χ0) is 12.1. The summed E-state index contributed by atoms with van der Waals surface area (Å²) in [6.45, 7) is 8.21. The molecule has 0 radical (unpaired) electrons. The van der Waals surface area contributed by atoms with Gasteiger partial charge in [0, 0.05) is 23.9 Å². The van der Waals surface area contributed by atoms with Crippen LogP contribution in [-0.4, -0.2) is 4.57 Å². The summed E-state index contributed by atoms with van der Waals surface area (Å²) in [4.78, 5) is 0. The van der Waals surface area contributed by atoms with Gasteiger partial charge in [0.15, 0.2) is 0 Å². The van der Waals surface area contributed by atoms with Crippen molar-refractivity contribution in [3.8, 4) is 0 Å². The van der Waals surface area contributed by atoms with Crippen LogP contribution in [0.3, 0.4) is 0 Å². The quantitative estimate of drug-likeness (QED) is 0.695. The third-order valence-corrected chi connectivity index (χ3v) is 4.61. The van der Waals surface area contributed by atoms with Gasteiger partial charge >= 0.3 is 0 Å². The van der Waals surface area contributed by atoms with E-state index in [-0.39, 0.29) is 10.8 Å². The number of hydrogen-bond acceptors (Lipinski definition) is 0. The molecular weight excluding hydrogens is 206 g/mol. The monoisotopic (exact) mass is 225 g/mol. The van der Waals surface area contributed by atoms with Gasteiger partial charge in [-0.2, -0.15) is 0 Å². The predicted octanol–water partition coefficient (Wildman–Crippen LogP) is 3.83. The van der Waals surface area contributed by atoms with E-state index in [0.717, 1.165) is 6.54 Å². The van der Waals surface area contributed by atoms with E-state index in [1.54, 1.807) is 0 Å². The molecule has 2 heterocycles. The van der Waals surface area contributed by atoms with Crippen molar-refractivity contribution in [3.05, 3.63) is 59.9 Å². The normalized spacial score (nSPS) is 25.8. The third kappa shape index (κ3) is 1.25. The molecule has 88 valence electrons. The molecule has 3 rings (SSSR count). The number of aromatic nitrogens is 1. The first-order chi connectivity index (χ1) is 8.06. The Kier molecular flexibility index (Phi) is 2.04. The maximum Gasteiger partial charge on any atom is 0.0395 e. The molecule has 0 N–H and O–H groups in total. The van der Waals surface area contributed by atoms with Crippen LogP contribution in [0.1, 0.15) is 32.0 Å². The highest BCUT2D eigenvalue weighted by Gasteiger charge is 2.50. The van der Waals surface area contributed by atoms with Gasteiger partial charge in [0.05, 0.1) is 0 Å². The number of nitrogens with zero attached hydrogens (tertiary/aromatic N) is 1. The van der Waals surface area contributed by atoms with E-state index < -0.39 is 0 Å². The summed E-state index contributed by atoms with van der Waals surface area (Å²) in [5, 5.41) is 0. The Labute approximate surface area is 103 Å². The van der Waals surface area contributed by atoms with E-state index in [0.29, 0.717) is 0 Å². The molecule has 1 nitrogen and oxygen atoms in total. The molecule has 1 heteroatoms. The second kappa shape index (κ2) is 3.25. The van der Waals surface area contributed by atoms with E-state index in [4.69, 9.17) is 0 Å². The van der Waals surface area contributed by atoms with Crippen LogP contribution in [0.4, 0.5) is 0 Å². The van der Waals surface area contributed by atoms with Crippen molar-refractivity contribution < 1.29 is 0 Å². The van der Waals surface area contributed by atoms with Crippen molar-refractivity contribution in [2.24, 2.45) is 5.41 Å². The Morgan fingerprint density at radius 3 is 2.35 bits per heavy atom. The van der Waals surface area contributed by atoms with Crippen molar-refractivity contribution in [1.82, 2.24) is 4.57 Å². The van der Waals surface area contributed by atoms with Crippen molar-refractivity contribution >= 4 is 0 Å². The second-order valence-corrected chi connectivity index (χ2v) is 5.90. The Balaban J connectivity index is 2.24. The van der Waals surface area contributed by atoms with E-state index in [1.165, 1.54) is 11.3 Å². The highest BCUT2D eigenvalue weighted by molar-refractivity contribution is 5.41. The van der Waals surface area contributed by atoms with Crippen LogP contribution in [0.2, 0.25) is 0 Å². The van der Waals surface area contributed by atoms with Crippen molar-refractivity contribution in [3.63, 3.8) is 0 Å². The lowest BCUT2D eigenvalue weighted by Gasteiger charge is -2.38. The molecule has 1 aromatic heterocycles. The molecule has 1 aliphatic rings. The summed E-state index contributed by atoms with van der Waals surface area (Å²) in [5.41, 5.74) is 3.22. The van der Waals surface area contributed by atoms with Crippen LogP contribution < -0.4 is 0 Å². The Hall–Kier alpha value is -1.50. The summed E-state index contributed by atoms with van der Waals surface area (Å²) < 4.78 is 2.40. The molecule has 17 heavy (non-hydrogen) atoms. The zero-order valence-electron chi connectivity index (χ0n) is 10.8. The summed E-state index contributed by atoms with van der Waals surface area (Å²) in [5.74, 6) is 0. The van der Waals surface area contributed by atoms with Crippen LogP contribution in [0.5, 0.6) is 0 Å². The van der Waals surface area contributed by atoms with Gasteiger partial charge in [0.1, 0.15) is 0 Å². The van der Waals surface area contributed by atoms with Crippen molar-refractivity contribution in [2.75, 3.05) is 0 Å². The Bertz CT molecular complexity index is 536. The summed E-state index contributed by atoms with van der Waals surface area (Å²) in [6, 6.07) is 15.3. The minimum Gasteiger partial charge on any atom is -0.350 e. The largest absolute Gasteiger partial charge is 0.350 e. The average molecular weight is 225 g/mol. The SMILES string of the molecule is CC1(C)Cn2cccc2C1(C)c1ccccc1. The molecule has 0 saturated heterocycles. The fraction of sp³-hybridized carbons (Fsp3) is 0.375. The lowest BCUT2D eigenvalue weighted by molar-refractivity contribution is 0.236. The van der Waals surface area contributed by atoms with Crippen LogP contribution in [0.15, 0.2) is 48.7 Å². The molecule has 0 amide bonds. The van der Waals surface area contributed by atoms with Gasteiger partial charge in [-0.15, -0.1) is 0 Å². The molecule has 1 aliphatic heterocycles. The number of benzene rings is 1. The van der Waals surface area contributed by atoms with E-state index in [1.807, 2.05) is 0 Å². The van der Waals surface area contributed by atoms with Gasteiger partial charge in [-0.1, -0.05) is 44.2 Å². The highest BCUT2D eigenvalue weighted by Crippen LogP contribution is 2.52. The maximum absolute atomic E-state index is 2.40. The molecule has 1 unspecified atom stereocenters. The van der Waals surface area contributed by atoms with Gasteiger partial charge in [-0.05, 0) is 30.0 Å². The van der Waals surface area contributed by atoms with Gasteiger partial charge < -0.3 is 4.57 Å². The van der Waals surface area contributed by atoms with Gasteiger partial charge in [-0.3, -0.25) is 0 Å². The van der Waals surface area contributed by atoms with Gasteiger partial charge in [0.25, 0.3) is 0 Å². The molecule has 0 spiro atoms. The fourth-order valence-corrected chi connectivity index (χ4v) is 3.25. The van der Waals surface area contributed by atoms with Gasteiger partial charge in [0.2, 0.25) is 0 Å². The topological polar surface area (TPSA) is 4.93 Å². The number of rotatable bonds is 1. The summed E-state index contributed by atoms with van der Waals surface area (Å²) in [6.07, 6.45) is 2.20. The molecule has 2 aromatic rings. The first kappa shape index (κ1) is 10.6. The van der Waals surface area contributed by atoms with E-state index in [2.05, 4.69) is 74.0 Å². The minimum absolute atomic E-state index is 0.109. The van der Waals surface area contributed by atoms with Crippen LogP contribution >= 0.6 is 0 Å². The average Bonchev–Trinajstić information content (AvgIpc) is 2.82. The number of hydrogen-bond donors (Lipinski definition) is 0. The van der Waals surface area contributed by atoms with Crippen LogP contribution in [0.25, 0.3) is 0 Å². The minimum atomic E-state index is 0.109. The first-order valence-electron chi connectivity index (χ1n) is 6.27. The molecule has 0 bridgehead atoms. The smallest absolute Gasteiger partial charge is 0.0395 e. The van der Waals surface area contributed by atoms with Crippen LogP contribution in [-0.2, 0) is 12.0 Å². The standard InChI is InChI=1S/C16H19N/c1-15(2)12-17-11-7-10-14(17)16(15,3)13-8-5-4-6-9-13/h4-11H,12H2,1-3H3. The lowest BCUT2D eigenvalue weighted by atomic mass is 9.63. The van der Waals surface area contributed by atoms with Gasteiger partial charge in [-0.25, -0.2) is 0 Å². The Morgan fingerprint density at radius 2 is 1.65 bits per heavy atom. The summed E-state index contributed by atoms with van der Waals surface area (Å²) in [7, 11) is 0. The molecule has 1 aromatic carbocycles. The molecule has 0 fully saturated rings. The maximum atomic E-state index is 2.40.